The third-order valence-electron chi connectivity index (χ3n) is 4.32. The van der Waals surface area contributed by atoms with Crippen LogP contribution in [0.3, 0.4) is 0 Å². The summed E-state index contributed by atoms with van der Waals surface area (Å²) >= 11 is 1.74. The maximum absolute atomic E-state index is 12.3. The second kappa shape index (κ2) is 5.67. The van der Waals surface area contributed by atoms with Gasteiger partial charge in [-0.3, -0.25) is 4.79 Å². The Bertz CT molecular complexity index is 866. The Hall–Kier alpha value is -2.39. The van der Waals surface area contributed by atoms with Gasteiger partial charge in [-0.15, -0.1) is 11.3 Å². The van der Waals surface area contributed by atoms with Crippen molar-refractivity contribution in [3.05, 3.63) is 76.0 Å². The van der Waals surface area contributed by atoms with Crippen LogP contribution >= 0.6 is 11.3 Å². The number of hydrogen-bond donors (Lipinski definition) is 1. The monoisotopic (exact) mass is 319 g/mol. The lowest BCUT2D eigenvalue weighted by molar-refractivity contribution is -0.116. The van der Waals surface area contributed by atoms with Gasteiger partial charge >= 0.3 is 0 Å². The number of benzene rings is 2. The fourth-order valence-corrected chi connectivity index (χ4v) is 4.37. The minimum absolute atomic E-state index is 0.0968. The van der Waals surface area contributed by atoms with Gasteiger partial charge in [-0.1, -0.05) is 60.2 Å². The van der Waals surface area contributed by atoms with Crippen LogP contribution in [0.2, 0.25) is 0 Å². The van der Waals surface area contributed by atoms with Crippen molar-refractivity contribution in [3.8, 4) is 11.1 Å². The minimum Gasteiger partial charge on any atom is -0.325 e. The van der Waals surface area contributed by atoms with Gasteiger partial charge in [-0.05, 0) is 18.1 Å². The smallest absolute Gasteiger partial charge is 0.225 e. The van der Waals surface area contributed by atoms with Gasteiger partial charge in [0, 0.05) is 28.2 Å². The van der Waals surface area contributed by atoms with E-state index in [9.17, 15) is 4.79 Å². The van der Waals surface area contributed by atoms with Gasteiger partial charge in [-0.2, -0.15) is 0 Å². The summed E-state index contributed by atoms with van der Waals surface area (Å²) in [4.78, 5) is 13.5. The van der Waals surface area contributed by atoms with Crippen LogP contribution in [0.1, 0.15) is 28.3 Å². The van der Waals surface area contributed by atoms with Gasteiger partial charge in [0.1, 0.15) is 0 Å². The molecule has 1 N–H and O–H groups in total. The molecule has 2 nitrogen and oxygen atoms in total. The van der Waals surface area contributed by atoms with Crippen molar-refractivity contribution < 1.29 is 4.79 Å². The molecule has 2 aromatic carbocycles. The van der Waals surface area contributed by atoms with Crippen molar-refractivity contribution in [2.75, 3.05) is 5.32 Å². The molecule has 2 heterocycles. The lowest BCUT2D eigenvalue weighted by atomic mass is 9.88. The molecule has 3 heteroatoms. The maximum atomic E-state index is 12.3. The number of carbonyl (C=O) groups excluding carboxylic acids is 1. The number of fused-ring (bicyclic) bond motifs is 1. The molecule has 0 spiro atoms. The van der Waals surface area contributed by atoms with E-state index in [1.54, 1.807) is 11.3 Å². The van der Waals surface area contributed by atoms with E-state index in [1.165, 1.54) is 16.0 Å². The Morgan fingerprint density at radius 3 is 2.70 bits per heavy atom. The highest BCUT2D eigenvalue weighted by atomic mass is 32.1. The molecule has 1 unspecified atom stereocenters. The number of rotatable bonds is 2. The van der Waals surface area contributed by atoms with Crippen molar-refractivity contribution >= 4 is 22.9 Å². The third kappa shape index (κ3) is 2.57. The van der Waals surface area contributed by atoms with Gasteiger partial charge in [0.25, 0.3) is 0 Å². The van der Waals surface area contributed by atoms with Crippen LogP contribution in [0.5, 0.6) is 0 Å². The minimum atomic E-state index is 0.0968. The number of thiophene rings is 1. The average Bonchev–Trinajstić information content (AvgIpc) is 2.98. The van der Waals surface area contributed by atoms with Gasteiger partial charge in [0.15, 0.2) is 0 Å². The number of hydrogen-bond acceptors (Lipinski definition) is 2. The molecule has 1 aromatic heterocycles. The van der Waals surface area contributed by atoms with E-state index >= 15 is 0 Å². The third-order valence-corrected chi connectivity index (χ3v) is 5.42. The highest BCUT2D eigenvalue weighted by Gasteiger charge is 2.30. The molecule has 0 saturated heterocycles. The summed E-state index contributed by atoms with van der Waals surface area (Å²) in [6, 6.07) is 18.7. The van der Waals surface area contributed by atoms with Gasteiger partial charge < -0.3 is 5.32 Å². The van der Waals surface area contributed by atoms with E-state index in [2.05, 4.69) is 54.0 Å². The van der Waals surface area contributed by atoms with E-state index in [0.29, 0.717) is 6.42 Å². The van der Waals surface area contributed by atoms with Crippen LogP contribution in [-0.4, -0.2) is 5.91 Å². The maximum Gasteiger partial charge on any atom is 0.225 e. The van der Waals surface area contributed by atoms with Gasteiger partial charge in [0.05, 0.1) is 5.69 Å². The molecule has 0 aliphatic carbocycles. The second-order valence-electron chi connectivity index (χ2n) is 5.97. The van der Waals surface area contributed by atoms with E-state index < -0.39 is 0 Å². The zero-order valence-corrected chi connectivity index (χ0v) is 13.7. The Morgan fingerprint density at radius 1 is 1.09 bits per heavy atom. The normalized spacial score (nSPS) is 16.7. The van der Waals surface area contributed by atoms with Gasteiger partial charge in [-0.25, -0.2) is 0 Å². The van der Waals surface area contributed by atoms with E-state index in [4.69, 9.17) is 0 Å². The predicted octanol–water partition coefficient (Wildman–Crippen LogP) is 5.20. The average molecular weight is 319 g/mol. The Morgan fingerprint density at radius 2 is 1.91 bits per heavy atom. The standard InChI is InChI=1S/C20H17NOS/c1-13-6-5-9-15(10-13)16-11-18(22)21-19-17(12-23-20(16)19)14-7-3-2-4-8-14/h2-10,12,16H,11H2,1H3,(H,21,22). The van der Waals surface area contributed by atoms with Crippen molar-refractivity contribution in [2.24, 2.45) is 0 Å². The molecule has 114 valence electrons. The van der Waals surface area contributed by atoms with Crippen molar-refractivity contribution in [2.45, 2.75) is 19.3 Å². The predicted molar refractivity (Wildman–Crippen MR) is 96.0 cm³/mol. The summed E-state index contributed by atoms with van der Waals surface area (Å²) in [6.07, 6.45) is 0.519. The summed E-state index contributed by atoms with van der Waals surface area (Å²) in [5, 5.41) is 5.25. The van der Waals surface area contributed by atoms with Crippen molar-refractivity contribution in [1.82, 2.24) is 0 Å². The van der Waals surface area contributed by atoms with Crippen LogP contribution in [0.4, 0.5) is 5.69 Å². The summed E-state index contributed by atoms with van der Waals surface area (Å²) in [7, 11) is 0. The molecular formula is C20H17NOS. The number of anilines is 1. The molecule has 0 radical (unpaired) electrons. The number of carbonyl (C=O) groups is 1. The summed E-state index contributed by atoms with van der Waals surface area (Å²) in [5.74, 6) is 0.251. The first-order valence-electron chi connectivity index (χ1n) is 7.75. The zero-order chi connectivity index (χ0) is 15.8. The number of amides is 1. The first-order chi connectivity index (χ1) is 11.2. The van der Waals surface area contributed by atoms with Crippen LogP contribution in [-0.2, 0) is 4.79 Å². The second-order valence-corrected chi connectivity index (χ2v) is 6.88. The largest absolute Gasteiger partial charge is 0.325 e. The Balaban J connectivity index is 1.83. The fraction of sp³-hybridized carbons (Fsp3) is 0.150. The van der Waals surface area contributed by atoms with Gasteiger partial charge in [0.2, 0.25) is 5.91 Å². The SMILES string of the molecule is Cc1cccc(C2CC(=O)Nc3c(-c4ccccc4)csc32)c1. The number of nitrogens with one attached hydrogen (secondary N) is 1. The molecule has 1 amide bonds. The topological polar surface area (TPSA) is 29.1 Å². The molecule has 3 aromatic rings. The van der Waals surface area contributed by atoms with E-state index in [-0.39, 0.29) is 11.8 Å². The Kier molecular flexibility index (Phi) is 3.50. The van der Waals surface area contributed by atoms with Crippen molar-refractivity contribution in [1.29, 1.82) is 0 Å². The lowest BCUT2D eigenvalue weighted by Crippen LogP contribution is -2.22. The lowest BCUT2D eigenvalue weighted by Gasteiger charge is -2.24. The Labute approximate surface area is 139 Å². The van der Waals surface area contributed by atoms with Crippen LogP contribution in [0, 0.1) is 6.92 Å². The van der Waals surface area contributed by atoms with E-state index in [0.717, 1.165) is 16.8 Å². The summed E-state index contributed by atoms with van der Waals surface area (Å²) in [6.45, 7) is 2.09. The number of aryl methyl sites for hydroxylation is 1. The quantitative estimate of drug-likeness (QED) is 0.691. The molecule has 1 aliphatic rings. The molecular weight excluding hydrogens is 302 g/mol. The highest BCUT2D eigenvalue weighted by Crippen LogP contribution is 2.46. The molecule has 4 rings (SSSR count). The van der Waals surface area contributed by atoms with Crippen molar-refractivity contribution in [3.63, 3.8) is 0 Å². The molecule has 1 aliphatic heterocycles. The molecule has 0 saturated carbocycles. The van der Waals surface area contributed by atoms with Crippen LogP contribution < -0.4 is 5.32 Å². The first-order valence-corrected chi connectivity index (χ1v) is 8.63. The summed E-state index contributed by atoms with van der Waals surface area (Å²) < 4.78 is 0. The van der Waals surface area contributed by atoms with E-state index in [1.807, 2.05) is 18.2 Å². The summed E-state index contributed by atoms with van der Waals surface area (Å²) in [5.41, 5.74) is 5.72. The zero-order valence-electron chi connectivity index (χ0n) is 12.9. The molecule has 1 atom stereocenters. The van der Waals surface area contributed by atoms with Crippen LogP contribution in [0.15, 0.2) is 60.0 Å². The van der Waals surface area contributed by atoms with Crippen LogP contribution in [0.25, 0.3) is 11.1 Å². The molecule has 23 heavy (non-hydrogen) atoms. The molecule has 0 fully saturated rings. The fourth-order valence-electron chi connectivity index (χ4n) is 3.21. The molecule has 0 bridgehead atoms. The first kappa shape index (κ1) is 14.2. The highest BCUT2D eigenvalue weighted by molar-refractivity contribution is 7.11.